The quantitative estimate of drug-likeness (QED) is 0.763. The van der Waals surface area contributed by atoms with Crippen LogP contribution in [0.5, 0.6) is 0 Å². The summed E-state index contributed by atoms with van der Waals surface area (Å²) in [5.41, 5.74) is 0. The molecule has 1 aliphatic carbocycles. The van der Waals surface area contributed by atoms with Crippen LogP contribution in [0.2, 0.25) is 0 Å². The minimum absolute atomic E-state index is 0.394. The van der Waals surface area contributed by atoms with E-state index in [9.17, 15) is 5.11 Å². The van der Waals surface area contributed by atoms with Crippen LogP contribution in [0.3, 0.4) is 0 Å². The van der Waals surface area contributed by atoms with Gasteiger partial charge in [0.25, 0.3) is 0 Å². The number of aliphatic hydroxyl groups excluding tert-OH is 1. The van der Waals surface area contributed by atoms with E-state index in [1.807, 2.05) is 0 Å². The number of nitrogens with one attached hydrogen (secondary N) is 1. The van der Waals surface area contributed by atoms with E-state index in [4.69, 9.17) is 0 Å². The van der Waals surface area contributed by atoms with Crippen molar-refractivity contribution in [2.24, 2.45) is 7.05 Å². The van der Waals surface area contributed by atoms with Crippen molar-refractivity contribution in [2.75, 3.05) is 6.54 Å². The molecular weight excluding hydrogens is 206 g/mol. The minimum Gasteiger partial charge on any atom is -0.384 e. The lowest BCUT2D eigenvalue weighted by Gasteiger charge is -2.23. The first-order chi connectivity index (χ1) is 7.75. The predicted octanol–water partition coefficient (Wildman–Crippen LogP) is 0.166. The van der Waals surface area contributed by atoms with Crippen molar-refractivity contribution in [3.05, 3.63) is 5.82 Å². The van der Waals surface area contributed by atoms with Crippen LogP contribution < -0.4 is 5.32 Å². The molecular formula is C10H19N5O. The summed E-state index contributed by atoms with van der Waals surface area (Å²) in [6.07, 6.45) is 5.68. The normalized spacial score (nSPS) is 19.9. The van der Waals surface area contributed by atoms with Crippen LogP contribution in [-0.4, -0.2) is 37.9 Å². The van der Waals surface area contributed by atoms with Gasteiger partial charge in [0.2, 0.25) is 5.82 Å². The van der Waals surface area contributed by atoms with Crippen LogP contribution in [-0.2, 0) is 7.05 Å². The second-order valence-electron chi connectivity index (χ2n) is 4.40. The fourth-order valence-electron chi connectivity index (χ4n) is 2.11. The number of hydrogen-bond donors (Lipinski definition) is 2. The van der Waals surface area contributed by atoms with Gasteiger partial charge >= 0.3 is 0 Å². The third kappa shape index (κ3) is 2.99. The number of tetrazole rings is 1. The van der Waals surface area contributed by atoms with Crippen LogP contribution in [0.25, 0.3) is 0 Å². The Morgan fingerprint density at radius 1 is 1.44 bits per heavy atom. The lowest BCUT2D eigenvalue weighted by Crippen LogP contribution is -2.34. The molecule has 1 aromatic heterocycles. The van der Waals surface area contributed by atoms with Gasteiger partial charge in [0, 0.05) is 12.6 Å². The zero-order valence-corrected chi connectivity index (χ0v) is 9.63. The Kier molecular flexibility index (Phi) is 3.84. The van der Waals surface area contributed by atoms with Gasteiger partial charge in [-0.25, -0.2) is 0 Å². The number of aromatic nitrogens is 4. The Hall–Kier alpha value is -1.01. The first-order valence-electron chi connectivity index (χ1n) is 5.91. The van der Waals surface area contributed by atoms with E-state index in [2.05, 4.69) is 20.7 Å². The van der Waals surface area contributed by atoms with Crippen LogP contribution >= 0.6 is 0 Å². The second-order valence-corrected chi connectivity index (χ2v) is 4.40. The van der Waals surface area contributed by atoms with Crippen LogP contribution in [0, 0.1) is 0 Å². The van der Waals surface area contributed by atoms with Crippen LogP contribution in [0.15, 0.2) is 0 Å². The van der Waals surface area contributed by atoms with E-state index in [0.29, 0.717) is 18.4 Å². The van der Waals surface area contributed by atoms with Crippen LogP contribution in [0.4, 0.5) is 0 Å². The molecule has 0 radical (unpaired) electrons. The number of hydrogen-bond acceptors (Lipinski definition) is 5. The molecule has 1 fully saturated rings. The van der Waals surface area contributed by atoms with Gasteiger partial charge in [-0.3, -0.25) is 0 Å². The molecule has 2 N–H and O–H groups in total. The molecule has 0 amide bonds. The molecule has 0 aliphatic heterocycles. The highest BCUT2D eigenvalue weighted by Crippen LogP contribution is 2.17. The summed E-state index contributed by atoms with van der Waals surface area (Å²) >= 11 is 0. The molecule has 1 heterocycles. The average Bonchev–Trinajstić information content (AvgIpc) is 2.74. The maximum Gasteiger partial charge on any atom is 0.204 e. The molecule has 0 unspecified atom stereocenters. The smallest absolute Gasteiger partial charge is 0.204 e. The number of aliphatic hydroxyl groups is 1. The van der Waals surface area contributed by atoms with E-state index in [-0.39, 0.29) is 0 Å². The summed E-state index contributed by atoms with van der Waals surface area (Å²) in [6, 6.07) is 0.542. The van der Waals surface area contributed by atoms with E-state index in [1.54, 1.807) is 7.05 Å². The maximum atomic E-state index is 9.82. The van der Waals surface area contributed by atoms with Gasteiger partial charge in [-0.2, -0.15) is 4.80 Å². The molecule has 1 atom stereocenters. The molecule has 1 aliphatic rings. The van der Waals surface area contributed by atoms with Gasteiger partial charge in [-0.15, -0.1) is 10.2 Å². The predicted molar refractivity (Wildman–Crippen MR) is 58.6 cm³/mol. The third-order valence-electron chi connectivity index (χ3n) is 3.03. The molecule has 0 bridgehead atoms. The van der Waals surface area contributed by atoms with Gasteiger partial charge in [-0.1, -0.05) is 19.3 Å². The van der Waals surface area contributed by atoms with Gasteiger partial charge in [0.05, 0.1) is 7.05 Å². The number of aryl methyl sites for hydroxylation is 1. The maximum absolute atomic E-state index is 9.82. The molecule has 6 nitrogen and oxygen atoms in total. The Labute approximate surface area is 95.0 Å². The highest BCUT2D eigenvalue weighted by Gasteiger charge is 2.17. The SMILES string of the molecule is Cn1nnc([C@H](O)CNC2CCCCC2)n1. The Morgan fingerprint density at radius 3 is 2.81 bits per heavy atom. The van der Waals surface area contributed by atoms with Crippen molar-refractivity contribution < 1.29 is 5.11 Å². The zero-order valence-electron chi connectivity index (χ0n) is 9.63. The molecule has 90 valence electrons. The summed E-state index contributed by atoms with van der Waals surface area (Å²) < 4.78 is 0. The summed E-state index contributed by atoms with van der Waals surface area (Å²) in [7, 11) is 1.69. The fraction of sp³-hybridized carbons (Fsp3) is 0.900. The minimum atomic E-state index is -0.657. The molecule has 0 saturated heterocycles. The van der Waals surface area contributed by atoms with Crippen molar-refractivity contribution >= 4 is 0 Å². The molecule has 6 heteroatoms. The third-order valence-corrected chi connectivity index (χ3v) is 3.03. The van der Waals surface area contributed by atoms with Gasteiger partial charge in [0.1, 0.15) is 6.10 Å². The summed E-state index contributed by atoms with van der Waals surface area (Å²) in [5, 5.41) is 24.7. The lowest BCUT2D eigenvalue weighted by molar-refractivity contribution is 0.156. The second kappa shape index (κ2) is 5.36. The molecule has 2 rings (SSSR count). The summed E-state index contributed by atoms with van der Waals surface area (Å²) in [6.45, 7) is 0.510. The Morgan fingerprint density at radius 2 is 2.19 bits per heavy atom. The number of rotatable bonds is 4. The molecule has 1 saturated carbocycles. The van der Waals surface area contributed by atoms with E-state index >= 15 is 0 Å². The van der Waals surface area contributed by atoms with E-state index in [0.717, 1.165) is 0 Å². The van der Waals surface area contributed by atoms with Gasteiger partial charge in [0.15, 0.2) is 0 Å². The van der Waals surface area contributed by atoms with E-state index in [1.165, 1.54) is 36.9 Å². The highest BCUT2D eigenvalue weighted by molar-refractivity contribution is 4.86. The molecule has 0 spiro atoms. The van der Waals surface area contributed by atoms with Crippen LogP contribution in [0.1, 0.15) is 44.0 Å². The fourth-order valence-corrected chi connectivity index (χ4v) is 2.11. The largest absolute Gasteiger partial charge is 0.384 e. The Bertz CT molecular complexity index is 321. The topological polar surface area (TPSA) is 75.9 Å². The van der Waals surface area contributed by atoms with Crippen molar-refractivity contribution in [3.8, 4) is 0 Å². The lowest BCUT2D eigenvalue weighted by atomic mass is 9.95. The molecule has 16 heavy (non-hydrogen) atoms. The monoisotopic (exact) mass is 225 g/mol. The molecule has 0 aromatic carbocycles. The van der Waals surface area contributed by atoms with Crippen molar-refractivity contribution in [1.82, 2.24) is 25.5 Å². The van der Waals surface area contributed by atoms with E-state index < -0.39 is 6.10 Å². The molecule has 1 aromatic rings. The standard InChI is InChI=1S/C10H19N5O/c1-15-13-10(12-14-15)9(16)7-11-8-5-3-2-4-6-8/h8-9,11,16H,2-7H2,1H3/t9-/m1/s1. The average molecular weight is 225 g/mol. The summed E-state index contributed by atoms with van der Waals surface area (Å²) in [4.78, 5) is 1.36. The van der Waals surface area contributed by atoms with Gasteiger partial charge < -0.3 is 10.4 Å². The first-order valence-corrected chi connectivity index (χ1v) is 5.91. The van der Waals surface area contributed by atoms with Gasteiger partial charge in [-0.05, 0) is 18.1 Å². The summed E-state index contributed by atoms with van der Waals surface area (Å²) in [5.74, 6) is 0.394. The van der Waals surface area contributed by atoms with Crippen molar-refractivity contribution in [2.45, 2.75) is 44.2 Å². The number of nitrogens with zero attached hydrogens (tertiary/aromatic N) is 4. The van der Waals surface area contributed by atoms with Crippen molar-refractivity contribution in [3.63, 3.8) is 0 Å². The van der Waals surface area contributed by atoms with Crippen molar-refractivity contribution in [1.29, 1.82) is 0 Å². The highest BCUT2D eigenvalue weighted by atomic mass is 16.3. The zero-order chi connectivity index (χ0) is 11.4. The first kappa shape index (κ1) is 11.5. The Balaban J connectivity index is 1.76.